The van der Waals surface area contributed by atoms with E-state index in [0.717, 1.165) is 30.3 Å². The van der Waals surface area contributed by atoms with Gasteiger partial charge in [-0.2, -0.15) is 0 Å². The smallest absolute Gasteiger partial charge is 0.232 e. The third-order valence-corrected chi connectivity index (χ3v) is 7.32. The van der Waals surface area contributed by atoms with Crippen LogP contribution in [0.4, 0.5) is 5.69 Å². The van der Waals surface area contributed by atoms with E-state index in [4.69, 9.17) is 11.6 Å². The molecule has 0 aliphatic carbocycles. The molecule has 0 aromatic heterocycles. The Morgan fingerprint density at radius 3 is 2.48 bits per heavy atom. The summed E-state index contributed by atoms with van der Waals surface area (Å²) in [4.78, 5) is 25.9. The van der Waals surface area contributed by atoms with Crippen LogP contribution in [0, 0.1) is 6.92 Å². The van der Waals surface area contributed by atoms with Crippen LogP contribution in [0.1, 0.15) is 42.4 Å². The SMILES string of the molecule is Cc1c(Cl)cccc1N(CCCC(=O)NCc1ccc(CN2CCCC2=O)cc1)S(C)(=O)=O. The molecule has 0 radical (unpaired) electrons. The number of nitrogens with zero attached hydrogens (tertiary/aromatic N) is 2. The van der Waals surface area contributed by atoms with Crippen molar-refractivity contribution in [1.82, 2.24) is 10.2 Å². The molecule has 33 heavy (non-hydrogen) atoms. The van der Waals surface area contributed by atoms with E-state index in [0.29, 0.717) is 42.2 Å². The first-order valence-corrected chi connectivity index (χ1v) is 13.2. The van der Waals surface area contributed by atoms with Crippen LogP contribution in [0.3, 0.4) is 0 Å². The van der Waals surface area contributed by atoms with Crippen LogP contribution in [-0.2, 0) is 32.7 Å². The van der Waals surface area contributed by atoms with E-state index < -0.39 is 10.0 Å². The van der Waals surface area contributed by atoms with Gasteiger partial charge in [0, 0.05) is 44.0 Å². The molecule has 2 amide bonds. The van der Waals surface area contributed by atoms with Gasteiger partial charge in [-0.25, -0.2) is 8.42 Å². The largest absolute Gasteiger partial charge is 0.352 e. The first kappa shape index (κ1) is 25.1. The lowest BCUT2D eigenvalue weighted by molar-refractivity contribution is -0.128. The highest BCUT2D eigenvalue weighted by molar-refractivity contribution is 7.92. The van der Waals surface area contributed by atoms with Crippen molar-refractivity contribution in [2.75, 3.05) is 23.7 Å². The normalized spacial score (nSPS) is 13.9. The Morgan fingerprint density at radius 2 is 1.85 bits per heavy atom. The number of amides is 2. The highest BCUT2D eigenvalue weighted by Gasteiger charge is 2.21. The maximum absolute atomic E-state index is 12.3. The van der Waals surface area contributed by atoms with E-state index in [-0.39, 0.29) is 24.8 Å². The Morgan fingerprint density at radius 1 is 1.15 bits per heavy atom. The predicted octanol–water partition coefficient (Wildman–Crippen LogP) is 3.63. The Balaban J connectivity index is 1.47. The fourth-order valence-corrected chi connectivity index (χ4v) is 5.04. The van der Waals surface area contributed by atoms with E-state index >= 15 is 0 Å². The maximum atomic E-state index is 12.3. The van der Waals surface area contributed by atoms with E-state index in [2.05, 4.69) is 5.32 Å². The molecule has 1 fully saturated rings. The molecule has 0 saturated carbocycles. The monoisotopic (exact) mass is 491 g/mol. The molecule has 0 unspecified atom stereocenters. The molecule has 0 atom stereocenters. The first-order chi connectivity index (χ1) is 15.6. The van der Waals surface area contributed by atoms with Gasteiger partial charge < -0.3 is 10.2 Å². The minimum atomic E-state index is -3.51. The second kappa shape index (κ2) is 11.0. The summed E-state index contributed by atoms with van der Waals surface area (Å²) in [6, 6.07) is 13.0. The average molecular weight is 492 g/mol. The summed E-state index contributed by atoms with van der Waals surface area (Å²) in [5.74, 6) is 0.0595. The number of carbonyl (C=O) groups is 2. The van der Waals surface area contributed by atoms with Crippen LogP contribution in [-0.4, -0.2) is 44.5 Å². The molecule has 9 heteroatoms. The molecule has 1 saturated heterocycles. The van der Waals surface area contributed by atoms with Crippen molar-refractivity contribution in [1.29, 1.82) is 0 Å². The van der Waals surface area contributed by atoms with Gasteiger partial charge in [-0.15, -0.1) is 0 Å². The fraction of sp³-hybridized carbons (Fsp3) is 0.417. The van der Waals surface area contributed by atoms with Crippen LogP contribution in [0.15, 0.2) is 42.5 Å². The summed E-state index contributed by atoms with van der Waals surface area (Å²) in [7, 11) is -3.51. The molecule has 3 rings (SSSR count). The van der Waals surface area contributed by atoms with Gasteiger partial charge in [-0.05, 0) is 48.6 Å². The summed E-state index contributed by atoms with van der Waals surface area (Å²) < 4.78 is 25.9. The summed E-state index contributed by atoms with van der Waals surface area (Å²) in [5, 5.41) is 3.38. The minimum absolute atomic E-state index is 0.141. The minimum Gasteiger partial charge on any atom is -0.352 e. The van der Waals surface area contributed by atoms with E-state index in [1.54, 1.807) is 25.1 Å². The molecular formula is C24H30ClN3O4S. The van der Waals surface area contributed by atoms with Gasteiger partial charge in [-0.3, -0.25) is 13.9 Å². The van der Waals surface area contributed by atoms with Gasteiger partial charge in [0.25, 0.3) is 0 Å². The number of carbonyl (C=O) groups excluding carboxylic acids is 2. The molecule has 0 bridgehead atoms. The second-order valence-electron chi connectivity index (χ2n) is 8.33. The second-order valence-corrected chi connectivity index (χ2v) is 10.6. The van der Waals surface area contributed by atoms with Crippen LogP contribution in [0.5, 0.6) is 0 Å². The van der Waals surface area contributed by atoms with Gasteiger partial charge in [-0.1, -0.05) is 41.9 Å². The predicted molar refractivity (Wildman–Crippen MR) is 131 cm³/mol. The Labute approximate surface area is 200 Å². The lowest BCUT2D eigenvalue weighted by atomic mass is 10.1. The first-order valence-electron chi connectivity index (χ1n) is 11.0. The highest BCUT2D eigenvalue weighted by atomic mass is 35.5. The highest BCUT2D eigenvalue weighted by Crippen LogP contribution is 2.28. The van der Waals surface area contributed by atoms with Gasteiger partial charge in [0.1, 0.15) is 0 Å². The van der Waals surface area contributed by atoms with Crippen molar-refractivity contribution in [3.63, 3.8) is 0 Å². The molecule has 2 aromatic rings. The van der Waals surface area contributed by atoms with E-state index in [1.807, 2.05) is 29.2 Å². The van der Waals surface area contributed by atoms with Crippen molar-refractivity contribution in [3.8, 4) is 0 Å². The molecule has 178 valence electrons. The molecule has 1 N–H and O–H groups in total. The zero-order valence-corrected chi connectivity index (χ0v) is 20.6. The average Bonchev–Trinajstić information content (AvgIpc) is 3.16. The Kier molecular flexibility index (Phi) is 8.37. The number of rotatable bonds is 10. The van der Waals surface area contributed by atoms with Gasteiger partial charge in [0.15, 0.2) is 0 Å². The van der Waals surface area contributed by atoms with Gasteiger partial charge >= 0.3 is 0 Å². The van der Waals surface area contributed by atoms with Crippen molar-refractivity contribution in [3.05, 3.63) is 64.2 Å². The maximum Gasteiger partial charge on any atom is 0.232 e. The fourth-order valence-electron chi connectivity index (χ4n) is 3.86. The summed E-state index contributed by atoms with van der Waals surface area (Å²) in [5.41, 5.74) is 3.25. The van der Waals surface area contributed by atoms with Crippen LogP contribution >= 0.6 is 11.6 Å². The molecule has 1 aliphatic rings. The van der Waals surface area contributed by atoms with Crippen molar-refractivity contribution in [2.24, 2.45) is 0 Å². The Hall–Kier alpha value is -2.58. The lowest BCUT2D eigenvalue weighted by Gasteiger charge is -2.24. The molecule has 1 aliphatic heterocycles. The number of hydrogen-bond donors (Lipinski definition) is 1. The number of benzene rings is 2. The van der Waals surface area contributed by atoms with Crippen molar-refractivity contribution < 1.29 is 18.0 Å². The van der Waals surface area contributed by atoms with Crippen molar-refractivity contribution >= 4 is 39.1 Å². The number of halogens is 1. The molecule has 1 heterocycles. The number of nitrogens with one attached hydrogen (secondary N) is 1. The van der Waals surface area contributed by atoms with E-state index in [1.165, 1.54) is 4.31 Å². The zero-order chi connectivity index (χ0) is 24.0. The third kappa shape index (κ3) is 6.95. The van der Waals surface area contributed by atoms with Crippen LogP contribution in [0.2, 0.25) is 5.02 Å². The standard InChI is InChI=1S/C24H30ClN3O4S/c1-18-21(25)6-3-7-22(18)28(33(2,31)32)15-4-8-23(29)26-16-19-10-12-20(13-11-19)17-27-14-5-9-24(27)30/h3,6-7,10-13H,4-5,8-9,14-17H2,1-2H3,(H,26,29). The summed E-state index contributed by atoms with van der Waals surface area (Å²) in [6.07, 6.45) is 3.29. The quantitative estimate of drug-likeness (QED) is 0.549. The zero-order valence-electron chi connectivity index (χ0n) is 19.0. The lowest BCUT2D eigenvalue weighted by Crippen LogP contribution is -2.32. The van der Waals surface area contributed by atoms with Gasteiger partial charge in [0.05, 0.1) is 11.9 Å². The molecule has 0 spiro atoms. The molecular weight excluding hydrogens is 462 g/mol. The van der Waals surface area contributed by atoms with E-state index in [9.17, 15) is 18.0 Å². The van der Waals surface area contributed by atoms with Gasteiger partial charge in [0.2, 0.25) is 21.8 Å². The number of sulfonamides is 1. The summed E-state index contributed by atoms with van der Waals surface area (Å²) >= 11 is 6.15. The summed E-state index contributed by atoms with van der Waals surface area (Å²) in [6.45, 7) is 3.79. The topological polar surface area (TPSA) is 86.8 Å². The molecule has 2 aromatic carbocycles. The third-order valence-electron chi connectivity index (χ3n) is 5.73. The van der Waals surface area contributed by atoms with Crippen molar-refractivity contribution in [2.45, 2.75) is 45.7 Å². The number of likely N-dealkylation sites (tertiary alicyclic amines) is 1. The van der Waals surface area contributed by atoms with Crippen LogP contribution in [0.25, 0.3) is 0 Å². The van der Waals surface area contributed by atoms with Crippen LogP contribution < -0.4 is 9.62 Å². The number of anilines is 1. The molecule has 7 nitrogen and oxygen atoms in total. The Bertz CT molecular complexity index is 1100. The number of hydrogen-bond acceptors (Lipinski definition) is 4.